The van der Waals surface area contributed by atoms with Crippen molar-refractivity contribution in [3.63, 3.8) is 0 Å². The molecule has 0 saturated carbocycles. The maximum absolute atomic E-state index is 11.6. The highest BCUT2D eigenvalue weighted by Crippen LogP contribution is 2.19. The highest BCUT2D eigenvalue weighted by atomic mass is 17.2. The summed E-state index contributed by atoms with van der Waals surface area (Å²) in [7, 11) is 1.52. The quantitative estimate of drug-likeness (QED) is 0.459. The lowest BCUT2D eigenvalue weighted by atomic mass is 10.0. The standard InChI is InChI=1S/C16H15O4/c1-18-11-12-19-20-16(17)15-9-7-14(8-10-15)13-5-3-2-4-6-13/h2-10,12H,11H2,1H3. The molecule has 4 nitrogen and oxygen atoms in total. The van der Waals surface area contributed by atoms with Gasteiger partial charge in [-0.25, -0.2) is 4.79 Å². The molecule has 0 bridgehead atoms. The van der Waals surface area contributed by atoms with E-state index in [4.69, 9.17) is 4.74 Å². The zero-order valence-corrected chi connectivity index (χ0v) is 11.1. The van der Waals surface area contributed by atoms with Gasteiger partial charge in [0.05, 0.1) is 12.2 Å². The van der Waals surface area contributed by atoms with Gasteiger partial charge in [-0.3, -0.25) is 4.89 Å². The number of hydrogen-bond donors (Lipinski definition) is 0. The molecule has 4 heteroatoms. The summed E-state index contributed by atoms with van der Waals surface area (Å²) in [5, 5.41) is 0. The molecule has 1 radical (unpaired) electrons. The van der Waals surface area contributed by atoms with Gasteiger partial charge in [0.1, 0.15) is 0 Å². The van der Waals surface area contributed by atoms with E-state index in [1.165, 1.54) is 13.7 Å². The Balaban J connectivity index is 1.96. The molecule has 0 atom stereocenters. The Labute approximate surface area is 117 Å². The molecule has 0 fully saturated rings. The van der Waals surface area contributed by atoms with Gasteiger partial charge in [-0.15, -0.1) is 0 Å². The van der Waals surface area contributed by atoms with E-state index in [1.807, 2.05) is 42.5 Å². The van der Waals surface area contributed by atoms with Crippen LogP contribution in [0.1, 0.15) is 10.4 Å². The van der Waals surface area contributed by atoms with Crippen LogP contribution in [0.2, 0.25) is 0 Å². The molecule has 0 amide bonds. The number of ether oxygens (including phenoxy) is 1. The number of rotatable bonds is 6. The van der Waals surface area contributed by atoms with Crippen molar-refractivity contribution >= 4 is 5.97 Å². The Hall–Kier alpha value is -2.17. The first-order valence-electron chi connectivity index (χ1n) is 6.15. The minimum atomic E-state index is -0.544. The minimum Gasteiger partial charge on any atom is -0.382 e. The van der Waals surface area contributed by atoms with Crippen LogP contribution < -0.4 is 0 Å². The molecule has 0 saturated heterocycles. The molecule has 0 N–H and O–H groups in total. The topological polar surface area (TPSA) is 44.8 Å². The van der Waals surface area contributed by atoms with E-state index < -0.39 is 5.97 Å². The van der Waals surface area contributed by atoms with Gasteiger partial charge in [0.25, 0.3) is 0 Å². The summed E-state index contributed by atoms with van der Waals surface area (Å²) >= 11 is 0. The molecule has 2 aromatic carbocycles. The highest BCUT2D eigenvalue weighted by molar-refractivity contribution is 5.89. The molecule has 0 heterocycles. The molecule has 0 aliphatic carbocycles. The van der Waals surface area contributed by atoms with Crippen molar-refractivity contribution in [2.45, 2.75) is 0 Å². The molecule has 103 valence electrons. The molecule has 20 heavy (non-hydrogen) atoms. The predicted octanol–water partition coefficient (Wildman–Crippen LogP) is 3.25. The van der Waals surface area contributed by atoms with Crippen molar-refractivity contribution in [3.05, 3.63) is 66.8 Å². The van der Waals surface area contributed by atoms with E-state index in [9.17, 15) is 4.79 Å². The molecule has 0 aliphatic rings. The van der Waals surface area contributed by atoms with E-state index in [0.717, 1.165) is 11.1 Å². The first-order chi connectivity index (χ1) is 9.81. The van der Waals surface area contributed by atoms with Gasteiger partial charge < -0.3 is 4.74 Å². The van der Waals surface area contributed by atoms with Crippen LogP contribution in [0.3, 0.4) is 0 Å². The van der Waals surface area contributed by atoms with Crippen molar-refractivity contribution in [1.82, 2.24) is 0 Å². The summed E-state index contributed by atoms with van der Waals surface area (Å²) in [6, 6.07) is 17.0. The summed E-state index contributed by atoms with van der Waals surface area (Å²) in [5.41, 5.74) is 2.56. The first-order valence-corrected chi connectivity index (χ1v) is 6.15. The number of hydrogen-bond acceptors (Lipinski definition) is 4. The third-order valence-electron chi connectivity index (χ3n) is 2.65. The Morgan fingerprint density at radius 1 is 1.00 bits per heavy atom. The lowest BCUT2D eigenvalue weighted by molar-refractivity contribution is -0.217. The van der Waals surface area contributed by atoms with Crippen molar-refractivity contribution in [2.24, 2.45) is 0 Å². The van der Waals surface area contributed by atoms with Crippen molar-refractivity contribution in [1.29, 1.82) is 0 Å². The van der Waals surface area contributed by atoms with Crippen LogP contribution in [-0.4, -0.2) is 19.7 Å². The Bertz CT molecular complexity index is 534. The van der Waals surface area contributed by atoms with Gasteiger partial charge in [0.15, 0.2) is 6.61 Å². The average molecular weight is 271 g/mol. The van der Waals surface area contributed by atoms with Crippen LogP contribution in [0.4, 0.5) is 0 Å². The monoisotopic (exact) mass is 271 g/mol. The largest absolute Gasteiger partial charge is 0.382 e. The third-order valence-corrected chi connectivity index (χ3v) is 2.65. The fourth-order valence-corrected chi connectivity index (χ4v) is 1.65. The summed E-state index contributed by atoms with van der Waals surface area (Å²) in [6.45, 7) is 1.51. The predicted molar refractivity (Wildman–Crippen MR) is 74.6 cm³/mol. The maximum atomic E-state index is 11.6. The molecule has 0 unspecified atom stereocenters. The van der Waals surface area contributed by atoms with Crippen LogP contribution in [0, 0.1) is 6.61 Å². The summed E-state index contributed by atoms with van der Waals surface area (Å²) in [4.78, 5) is 20.9. The second-order valence-corrected chi connectivity index (χ2v) is 4.03. The average Bonchev–Trinajstić information content (AvgIpc) is 2.52. The Morgan fingerprint density at radius 2 is 1.65 bits per heavy atom. The zero-order valence-electron chi connectivity index (χ0n) is 11.1. The third kappa shape index (κ3) is 3.91. The van der Waals surface area contributed by atoms with E-state index >= 15 is 0 Å². The van der Waals surface area contributed by atoms with E-state index in [-0.39, 0.29) is 6.61 Å². The normalized spacial score (nSPS) is 10.2. The molecular formula is C16H15O4. The van der Waals surface area contributed by atoms with E-state index in [1.54, 1.807) is 12.1 Å². The Morgan fingerprint density at radius 3 is 2.30 bits per heavy atom. The van der Waals surface area contributed by atoms with Crippen LogP contribution in [0.15, 0.2) is 54.6 Å². The molecule has 0 aromatic heterocycles. The van der Waals surface area contributed by atoms with E-state index in [0.29, 0.717) is 5.56 Å². The molecule has 2 aromatic rings. The van der Waals surface area contributed by atoms with Crippen molar-refractivity contribution in [2.75, 3.05) is 13.7 Å². The number of benzene rings is 2. The highest BCUT2D eigenvalue weighted by Gasteiger charge is 2.08. The lowest BCUT2D eigenvalue weighted by Crippen LogP contribution is -2.06. The second kappa shape index (κ2) is 7.43. The van der Waals surface area contributed by atoms with Gasteiger partial charge in [0.2, 0.25) is 0 Å². The maximum Gasteiger partial charge on any atom is 0.373 e. The van der Waals surface area contributed by atoms with Gasteiger partial charge in [-0.2, -0.15) is 4.89 Å². The minimum absolute atomic E-state index is 0.250. The van der Waals surface area contributed by atoms with Gasteiger partial charge in [-0.1, -0.05) is 42.5 Å². The SMILES string of the molecule is COC[CH]OOC(=O)c1ccc(-c2ccccc2)cc1. The van der Waals surface area contributed by atoms with Crippen LogP contribution in [0.5, 0.6) is 0 Å². The van der Waals surface area contributed by atoms with Crippen molar-refractivity contribution in [3.8, 4) is 11.1 Å². The molecule has 2 rings (SSSR count). The summed E-state index contributed by atoms with van der Waals surface area (Å²) < 4.78 is 4.72. The number of carbonyl (C=O) groups is 1. The fraction of sp³-hybridized carbons (Fsp3) is 0.125. The van der Waals surface area contributed by atoms with Gasteiger partial charge in [0, 0.05) is 7.11 Å². The van der Waals surface area contributed by atoms with Crippen LogP contribution >= 0.6 is 0 Å². The Kier molecular flexibility index (Phi) is 5.29. The van der Waals surface area contributed by atoms with Crippen molar-refractivity contribution < 1.29 is 19.3 Å². The fourth-order valence-electron chi connectivity index (χ4n) is 1.65. The first kappa shape index (κ1) is 14.2. The summed E-state index contributed by atoms with van der Waals surface area (Å²) in [6.07, 6.45) is 0. The number of methoxy groups -OCH3 is 1. The molecule has 0 spiro atoms. The van der Waals surface area contributed by atoms with Crippen LogP contribution in [0.25, 0.3) is 11.1 Å². The zero-order chi connectivity index (χ0) is 14.2. The summed E-state index contributed by atoms with van der Waals surface area (Å²) in [5.74, 6) is -0.544. The van der Waals surface area contributed by atoms with Gasteiger partial charge >= 0.3 is 5.97 Å². The smallest absolute Gasteiger partial charge is 0.373 e. The lowest BCUT2D eigenvalue weighted by Gasteiger charge is -2.04. The molecule has 0 aliphatic heterocycles. The van der Waals surface area contributed by atoms with E-state index in [2.05, 4.69) is 9.78 Å². The van der Waals surface area contributed by atoms with Crippen LogP contribution in [-0.2, 0) is 14.5 Å². The number of carbonyl (C=O) groups excluding carboxylic acids is 1. The van der Waals surface area contributed by atoms with Gasteiger partial charge in [-0.05, 0) is 23.3 Å². The molecular weight excluding hydrogens is 256 g/mol. The second-order valence-electron chi connectivity index (χ2n) is 4.03.